The number of benzene rings is 2. The lowest BCUT2D eigenvalue weighted by Gasteiger charge is -2.01. The van der Waals surface area contributed by atoms with E-state index in [1.807, 2.05) is 6.07 Å². The molecule has 0 saturated heterocycles. The Balaban J connectivity index is 1.51. The van der Waals surface area contributed by atoms with Crippen LogP contribution in [0, 0.1) is 5.82 Å². The Kier molecular flexibility index (Phi) is 4.95. The van der Waals surface area contributed by atoms with Crippen LogP contribution in [0.15, 0.2) is 54.6 Å². The van der Waals surface area contributed by atoms with Gasteiger partial charge in [0.2, 0.25) is 11.7 Å². The van der Waals surface area contributed by atoms with Crippen LogP contribution in [-0.2, 0) is 11.3 Å². The number of tetrazole rings is 1. The van der Waals surface area contributed by atoms with Gasteiger partial charge in [0.1, 0.15) is 12.4 Å². The summed E-state index contributed by atoms with van der Waals surface area (Å²) in [5, 5.41) is 22.1. The molecule has 2 amide bonds. The van der Waals surface area contributed by atoms with Crippen LogP contribution in [0.1, 0.15) is 10.5 Å². The van der Waals surface area contributed by atoms with E-state index in [4.69, 9.17) is 5.73 Å². The van der Waals surface area contributed by atoms with Crippen molar-refractivity contribution in [2.75, 3.05) is 5.32 Å². The van der Waals surface area contributed by atoms with Crippen molar-refractivity contribution in [3.63, 3.8) is 0 Å². The molecular formula is C18H14FN9O2. The fraction of sp³-hybridized carbons (Fsp3) is 0.0556. The number of carbonyl (C=O) groups excluding carboxylic acids is 2. The van der Waals surface area contributed by atoms with Gasteiger partial charge < -0.3 is 11.1 Å². The number of nitrogens with one attached hydrogen (secondary N) is 1. The van der Waals surface area contributed by atoms with E-state index in [9.17, 15) is 14.0 Å². The van der Waals surface area contributed by atoms with Crippen molar-refractivity contribution < 1.29 is 14.0 Å². The van der Waals surface area contributed by atoms with Crippen LogP contribution < -0.4 is 11.1 Å². The van der Waals surface area contributed by atoms with E-state index in [0.29, 0.717) is 5.69 Å². The normalized spacial score (nSPS) is 10.7. The summed E-state index contributed by atoms with van der Waals surface area (Å²) < 4.78 is 13.8. The minimum atomic E-state index is -0.854. The minimum absolute atomic E-state index is 0.0359. The molecule has 0 radical (unpaired) electrons. The largest absolute Gasteiger partial charge is 0.364 e. The van der Waals surface area contributed by atoms with E-state index < -0.39 is 17.6 Å². The molecule has 2 aromatic heterocycles. The number of hydrogen-bond acceptors (Lipinski definition) is 7. The third-order valence-corrected chi connectivity index (χ3v) is 3.94. The molecule has 3 N–H and O–H groups in total. The summed E-state index contributed by atoms with van der Waals surface area (Å²) in [4.78, 5) is 26.2. The van der Waals surface area contributed by atoms with Crippen molar-refractivity contribution in [1.29, 1.82) is 0 Å². The molecular weight excluding hydrogens is 393 g/mol. The molecule has 2 aromatic carbocycles. The molecule has 0 unspecified atom stereocenters. The van der Waals surface area contributed by atoms with Gasteiger partial charge in [-0.3, -0.25) is 9.59 Å². The van der Waals surface area contributed by atoms with Gasteiger partial charge in [-0.05, 0) is 29.5 Å². The lowest BCUT2D eigenvalue weighted by atomic mass is 10.2. The highest BCUT2D eigenvalue weighted by molar-refractivity contribution is 6.00. The van der Waals surface area contributed by atoms with Gasteiger partial charge >= 0.3 is 0 Å². The number of rotatable bonds is 6. The van der Waals surface area contributed by atoms with Crippen molar-refractivity contribution in [2.45, 2.75) is 6.54 Å². The van der Waals surface area contributed by atoms with Crippen molar-refractivity contribution in [2.24, 2.45) is 5.73 Å². The van der Waals surface area contributed by atoms with Crippen LogP contribution in [0.3, 0.4) is 0 Å². The zero-order valence-electron chi connectivity index (χ0n) is 15.3. The Labute approximate surface area is 168 Å². The monoisotopic (exact) mass is 407 g/mol. The first-order valence-electron chi connectivity index (χ1n) is 8.66. The van der Waals surface area contributed by atoms with Crippen molar-refractivity contribution in [3.8, 4) is 17.1 Å². The van der Waals surface area contributed by atoms with Gasteiger partial charge in [0.25, 0.3) is 5.91 Å². The highest BCUT2D eigenvalue weighted by atomic mass is 19.1. The third kappa shape index (κ3) is 3.87. The van der Waals surface area contributed by atoms with Crippen molar-refractivity contribution >= 4 is 17.6 Å². The van der Waals surface area contributed by atoms with E-state index in [1.165, 1.54) is 23.0 Å². The molecule has 0 spiro atoms. The molecule has 4 rings (SSSR count). The first-order chi connectivity index (χ1) is 14.5. The number of para-hydroxylation sites is 1. The molecule has 0 aliphatic heterocycles. The summed E-state index contributed by atoms with van der Waals surface area (Å²) >= 11 is 0. The zero-order chi connectivity index (χ0) is 21.1. The van der Waals surface area contributed by atoms with Crippen LogP contribution in [0.5, 0.6) is 0 Å². The van der Waals surface area contributed by atoms with Gasteiger partial charge in [-0.1, -0.05) is 30.3 Å². The highest BCUT2D eigenvalue weighted by Gasteiger charge is 2.20. The maximum absolute atomic E-state index is 13.8. The van der Waals surface area contributed by atoms with E-state index >= 15 is 0 Å². The Hall–Kier alpha value is -4.48. The smallest absolute Gasteiger partial charge is 0.273 e. The summed E-state index contributed by atoms with van der Waals surface area (Å²) in [5.41, 5.74) is 5.87. The van der Waals surface area contributed by atoms with Gasteiger partial charge in [0.15, 0.2) is 11.5 Å². The number of amides is 2. The Bertz CT molecular complexity index is 1220. The number of anilines is 1. The molecule has 11 nitrogen and oxygen atoms in total. The second-order valence-electron chi connectivity index (χ2n) is 6.06. The molecule has 4 aromatic rings. The fourth-order valence-corrected chi connectivity index (χ4v) is 2.59. The topological polar surface area (TPSA) is 146 Å². The van der Waals surface area contributed by atoms with Crippen LogP contribution in [0.2, 0.25) is 0 Å². The van der Waals surface area contributed by atoms with Crippen molar-refractivity contribution in [3.05, 3.63) is 66.1 Å². The van der Waals surface area contributed by atoms with E-state index in [-0.39, 0.29) is 29.4 Å². The zero-order valence-corrected chi connectivity index (χ0v) is 15.3. The Morgan fingerprint density at radius 1 is 1.00 bits per heavy atom. The molecule has 0 fully saturated rings. The second kappa shape index (κ2) is 7.87. The minimum Gasteiger partial charge on any atom is -0.364 e. The lowest BCUT2D eigenvalue weighted by molar-refractivity contribution is -0.117. The maximum atomic E-state index is 13.8. The number of aromatic nitrogens is 7. The highest BCUT2D eigenvalue weighted by Crippen LogP contribution is 2.17. The predicted molar refractivity (Wildman–Crippen MR) is 102 cm³/mol. The Morgan fingerprint density at radius 2 is 1.73 bits per heavy atom. The first kappa shape index (κ1) is 18.9. The fourth-order valence-electron chi connectivity index (χ4n) is 2.59. The van der Waals surface area contributed by atoms with Crippen LogP contribution in [-0.4, -0.2) is 47.0 Å². The molecule has 2 heterocycles. The summed E-state index contributed by atoms with van der Waals surface area (Å²) in [6.07, 6.45) is 0. The summed E-state index contributed by atoms with van der Waals surface area (Å²) in [6, 6.07) is 14.7. The number of hydrogen-bond donors (Lipinski definition) is 2. The number of nitrogens with two attached hydrogens (primary N) is 1. The lowest BCUT2D eigenvalue weighted by Crippen LogP contribution is -2.23. The van der Waals surface area contributed by atoms with Crippen LogP contribution in [0.25, 0.3) is 17.1 Å². The second-order valence-corrected chi connectivity index (χ2v) is 6.06. The quantitative estimate of drug-likeness (QED) is 0.480. The van der Waals surface area contributed by atoms with Crippen LogP contribution in [0.4, 0.5) is 10.2 Å². The average Bonchev–Trinajstić information content (AvgIpc) is 3.36. The van der Waals surface area contributed by atoms with Crippen molar-refractivity contribution in [1.82, 2.24) is 35.2 Å². The molecule has 0 aliphatic carbocycles. The summed E-state index contributed by atoms with van der Waals surface area (Å²) in [5.74, 6) is -2.03. The number of nitrogens with zero attached hydrogens (tertiary/aromatic N) is 7. The molecule has 12 heteroatoms. The number of primary amides is 1. The summed E-state index contributed by atoms with van der Waals surface area (Å²) in [7, 11) is 0. The number of carbonyl (C=O) groups is 2. The number of halogens is 1. The molecule has 0 bridgehead atoms. The van der Waals surface area contributed by atoms with Gasteiger partial charge in [-0.15, -0.1) is 25.2 Å². The molecule has 0 atom stereocenters. The predicted octanol–water partition coefficient (Wildman–Crippen LogP) is 0.797. The van der Waals surface area contributed by atoms with Gasteiger partial charge in [-0.2, -0.15) is 4.80 Å². The maximum Gasteiger partial charge on any atom is 0.273 e. The third-order valence-electron chi connectivity index (χ3n) is 3.94. The SMILES string of the molecule is NC(=O)c1nn(-c2ccccc2)nc1NC(=O)Cn1nnc(-c2ccccc2F)n1. The average molecular weight is 407 g/mol. The van der Waals surface area contributed by atoms with E-state index in [0.717, 1.165) is 4.80 Å². The molecule has 30 heavy (non-hydrogen) atoms. The molecule has 150 valence electrons. The molecule has 0 saturated carbocycles. The van der Waals surface area contributed by atoms with Gasteiger partial charge in [0.05, 0.1) is 11.3 Å². The van der Waals surface area contributed by atoms with Gasteiger partial charge in [0, 0.05) is 0 Å². The molecule has 0 aliphatic rings. The standard InChI is InChI=1S/C18H14FN9O2/c19-13-9-5-4-8-12(13)17-22-26-27(24-17)10-14(29)21-18-15(16(20)30)23-28(25-18)11-6-2-1-3-7-11/h1-9H,10H2,(H2,20,30)(H,21,25,29). The van der Waals surface area contributed by atoms with Crippen LogP contribution >= 0.6 is 0 Å². The Morgan fingerprint density at radius 3 is 2.47 bits per heavy atom. The van der Waals surface area contributed by atoms with E-state index in [2.05, 4.69) is 30.9 Å². The van der Waals surface area contributed by atoms with Gasteiger partial charge in [-0.25, -0.2) is 4.39 Å². The van der Waals surface area contributed by atoms with E-state index in [1.54, 1.807) is 30.3 Å². The summed E-state index contributed by atoms with van der Waals surface area (Å²) in [6.45, 7) is -0.349. The first-order valence-corrected chi connectivity index (χ1v) is 8.66.